The van der Waals surface area contributed by atoms with Crippen molar-refractivity contribution in [3.63, 3.8) is 0 Å². The summed E-state index contributed by atoms with van der Waals surface area (Å²) in [6.45, 7) is -1.57. The molecule has 2 aromatic rings. The molecule has 0 radical (unpaired) electrons. The quantitative estimate of drug-likeness (QED) is 0.137. The predicted molar refractivity (Wildman–Crippen MR) is 128 cm³/mol. The van der Waals surface area contributed by atoms with Gasteiger partial charge < -0.3 is 5.32 Å². The number of nitrogens with one attached hydrogen (secondary N) is 3. The zero-order valence-corrected chi connectivity index (χ0v) is 21.3. The molecule has 0 heterocycles. The summed E-state index contributed by atoms with van der Waals surface area (Å²) in [6, 6.07) is 3.84. The van der Waals surface area contributed by atoms with Gasteiger partial charge in [-0.2, -0.15) is 39.5 Å². The van der Waals surface area contributed by atoms with Crippen molar-refractivity contribution in [2.24, 2.45) is 0 Å². The van der Waals surface area contributed by atoms with Gasteiger partial charge in [-0.3, -0.25) is 15.6 Å². The van der Waals surface area contributed by atoms with E-state index in [4.69, 9.17) is 34.8 Å². The van der Waals surface area contributed by atoms with Crippen molar-refractivity contribution in [3.8, 4) is 0 Å². The summed E-state index contributed by atoms with van der Waals surface area (Å²) in [6.07, 6.45) is -13.4. The average molecular weight is 633 g/mol. The third-order valence-corrected chi connectivity index (χ3v) is 5.97. The van der Waals surface area contributed by atoms with Gasteiger partial charge in [-0.05, 0) is 47.6 Å². The number of rotatable bonds is 5. The van der Waals surface area contributed by atoms with Crippen molar-refractivity contribution in [1.82, 2.24) is 16.2 Å². The van der Waals surface area contributed by atoms with E-state index in [0.717, 1.165) is 24.3 Å². The van der Waals surface area contributed by atoms with E-state index in [2.05, 4.69) is 12.2 Å². The molecule has 0 saturated heterocycles. The fourth-order valence-corrected chi connectivity index (χ4v) is 3.61. The van der Waals surface area contributed by atoms with Gasteiger partial charge in [0.15, 0.2) is 5.11 Å². The third-order valence-electron chi connectivity index (χ3n) is 4.53. The standard InChI is InChI=1S/C21H13Cl3F9N3OS/c22-14-6-10(7-15(23)16(14)24)12(20(28,29)30)4-2-9-1-3-11(13(5-9)21(31,32)33)17(37)35-36-18(38)34-8-19(25,26)27/h1-7,12H,8H2,(H,35,37)(H2,34,36,38)/b4-2+. The molecule has 1 amide bonds. The first-order chi connectivity index (χ1) is 17.3. The predicted octanol–water partition coefficient (Wildman–Crippen LogP) is 7.70. The van der Waals surface area contributed by atoms with Crippen molar-refractivity contribution >= 4 is 64.1 Å². The Kier molecular flexibility index (Phi) is 10.2. The van der Waals surface area contributed by atoms with Crippen LogP contribution in [0.5, 0.6) is 0 Å². The molecule has 0 saturated carbocycles. The van der Waals surface area contributed by atoms with Crippen LogP contribution in [0.1, 0.15) is 33.0 Å². The number of carbonyl (C=O) groups excluding carboxylic acids is 1. The van der Waals surface area contributed by atoms with Crippen LogP contribution < -0.4 is 16.2 Å². The molecule has 4 nitrogen and oxygen atoms in total. The minimum absolute atomic E-state index is 0.183. The maximum absolute atomic E-state index is 13.7. The smallest absolute Gasteiger partial charge is 0.352 e. The van der Waals surface area contributed by atoms with Gasteiger partial charge in [-0.1, -0.05) is 53.0 Å². The topological polar surface area (TPSA) is 53.2 Å². The minimum Gasteiger partial charge on any atom is -0.352 e. The van der Waals surface area contributed by atoms with E-state index < -0.39 is 58.7 Å². The van der Waals surface area contributed by atoms with Gasteiger partial charge in [0.05, 0.1) is 32.1 Å². The normalized spacial score (nSPS) is 13.4. The second-order valence-electron chi connectivity index (χ2n) is 7.36. The summed E-state index contributed by atoms with van der Waals surface area (Å²) in [7, 11) is 0. The Balaban J connectivity index is 2.33. The molecule has 38 heavy (non-hydrogen) atoms. The molecule has 0 aliphatic heterocycles. The van der Waals surface area contributed by atoms with Crippen molar-refractivity contribution in [2.75, 3.05) is 6.54 Å². The number of allylic oxidation sites excluding steroid dienone is 1. The maximum atomic E-state index is 13.7. The molecule has 3 N–H and O–H groups in total. The minimum atomic E-state index is -5.13. The molecular weight excluding hydrogens is 620 g/mol. The summed E-state index contributed by atoms with van der Waals surface area (Å²) >= 11 is 21.8. The summed E-state index contributed by atoms with van der Waals surface area (Å²) in [5, 5.41) is 0.224. The highest BCUT2D eigenvalue weighted by Gasteiger charge is 2.40. The Labute approximate surface area is 229 Å². The average Bonchev–Trinajstić information content (AvgIpc) is 2.77. The molecule has 2 aromatic carbocycles. The van der Waals surface area contributed by atoms with Gasteiger partial charge in [0.1, 0.15) is 6.54 Å². The Morgan fingerprint density at radius 3 is 2.00 bits per heavy atom. The Morgan fingerprint density at radius 2 is 1.50 bits per heavy atom. The molecule has 0 aromatic heterocycles. The lowest BCUT2D eigenvalue weighted by Gasteiger charge is -2.19. The van der Waals surface area contributed by atoms with Crippen molar-refractivity contribution in [3.05, 3.63) is 73.7 Å². The Bertz CT molecular complexity index is 1210. The van der Waals surface area contributed by atoms with Gasteiger partial charge in [0.2, 0.25) is 0 Å². The van der Waals surface area contributed by atoms with Crippen LogP contribution in [0.3, 0.4) is 0 Å². The largest absolute Gasteiger partial charge is 0.417 e. The molecule has 2 rings (SSSR count). The van der Waals surface area contributed by atoms with Crippen LogP contribution in [-0.2, 0) is 6.18 Å². The van der Waals surface area contributed by atoms with Crippen LogP contribution in [0.15, 0.2) is 36.4 Å². The second kappa shape index (κ2) is 12.2. The molecule has 0 spiro atoms. The summed E-state index contributed by atoms with van der Waals surface area (Å²) < 4.78 is 118. The van der Waals surface area contributed by atoms with E-state index in [-0.39, 0.29) is 20.6 Å². The van der Waals surface area contributed by atoms with E-state index in [1.165, 1.54) is 0 Å². The lowest BCUT2D eigenvalue weighted by Crippen LogP contribution is -2.49. The number of thiocarbonyl (C=S) groups is 1. The van der Waals surface area contributed by atoms with Gasteiger partial charge in [0.25, 0.3) is 5.91 Å². The molecular formula is C21H13Cl3F9N3OS. The molecule has 0 aliphatic carbocycles. The SMILES string of the molecule is O=C(NNC(=S)NCC(F)(F)F)c1ccc(/C=C/C(c2cc(Cl)c(Cl)c(Cl)c2)C(F)(F)F)cc1C(F)(F)F. The van der Waals surface area contributed by atoms with Crippen molar-refractivity contribution in [2.45, 2.75) is 24.4 Å². The van der Waals surface area contributed by atoms with E-state index in [9.17, 15) is 44.3 Å². The van der Waals surface area contributed by atoms with Gasteiger partial charge in [-0.25, -0.2) is 0 Å². The number of hydrazine groups is 1. The zero-order chi connectivity index (χ0) is 29.1. The van der Waals surface area contributed by atoms with E-state index >= 15 is 0 Å². The van der Waals surface area contributed by atoms with Gasteiger partial charge in [0, 0.05) is 0 Å². The molecule has 208 valence electrons. The van der Waals surface area contributed by atoms with Gasteiger partial charge >= 0.3 is 18.5 Å². The first kappa shape index (κ1) is 31.8. The lowest BCUT2D eigenvalue weighted by molar-refractivity contribution is -0.139. The number of carbonyl (C=O) groups is 1. The fraction of sp³-hybridized carbons (Fsp3) is 0.238. The highest BCUT2D eigenvalue weighted by Crippen LogP contribution is 2.41. The van der Waals surface area contributed by atoms with Crippen LogP contribution in [0.25, 0.3) is 6.08 Å². The number of hydrogen-bond donors (Lipinski definition) is 3. The number of benzene rings is 2. The molecule has 1 unspecified atom stereocenters. The van der Waals surface area contributed by atoms with E-state index in [0.29, 0.717) is 18.2 Å². The highest BCUT2D eigenvalue weighted by molar-refractivity contribution is 7.80. The van der Waals surface area contributed by atoms with Crippen LogP contribution in [0.2, 0.25) is 15.1 Å². The van der Waals surface area contributed by atoms with Crippen LogP contribution in [-0.4, -0.2) is 29.9 Å². The Hall–Kier alpha value is -2.42. The van der Waals surface area contributed by atoms with Crippen LogP contribution >= 0.6 is 47.0 Å². The first-order valence-electron chi connectivity index (χ1n) is 9.81. The second-order valence-corrected chi connectivity index (χ2v) is 8.96. The molecule has 0 bridgehead atoms. The number of halogens is 12. The highest BCUT2D eigenvalue weighted by atomic mass is 35.5. The monoisotopic (exact) mass is 631 g/mol. The number of alkyl halides is 9. The van der Waals surface area contributed by atoms with Crippen LogP contribution in [0.4, 0.5) is 39.5 Å². The fourth-order valence-electron chi connectivity index (χ4n) is 2.87. The van der Waals surface area contributed by atoms with E-state index in [1.54, 1.807) is 10.7 Å². The molecule has 1 atom stereocenters. The van der Waals surface area contributed by atoms with Crippen molar-refractivity contribution in [1.29, 1.82) is 0 Å². The molecule has 0 aliphatic rings. The van der Waals surface area contributed by atoms with Crippen molar-refractivity contribution < 1.29 is 44.3 Å². The Morgan fingerprint density at radius 1 is 0.921 bits per heavy atom. The summed E-state index contributed by atoms with van der Waals surface area (Å²) in [5.74, 6) is -3.76. The van der Waals surface area contributed by atoms with Crippen LogP contribution in [0, 0.1) is 0 Å². The third kappa shape index (κ3) is 9.10. The number of amides is 1. The maximum Gasteiger partial charge on any atom is 0.417 e. The first-order valence-corrected chi connectivity index (χ1v) is 11.4. The van der Waals surface area contributed by atoms with E-state index in [1.807, 2.05) is 5.43 Å². The summed E-state index contributed by atoms with van der Waals surface area (Å²) in [4.78, 5) is 12.2. The van der Waals surface area contributed by atoms with Gasteiger partial charge in [-0.15, -0.1) is 0 Å². The zero-order valence-electron chi connectivity index (χ0n) is 18.2. The molecule has 0 fully saturated rings. The summed E-state index contributed by atoms with van der Waals surface area (Å²) in [5.41, 5.74) is 0.228. The molecule has 17 heteroatoms. The lowest BCUT2D eigenvalue weighted by atomic mass is 9.96. The number of hydrogen-bond acceptors (Lipinski definition) is 2.